The molecule has 166 valence electrons. The van der Waals surface area contributed by atoms with Gasteiger partial charge in [-0.15, -0.1) is 11.3 Å². The zero-order chi connectivity index (χ0) is 22.3. The highest BCUT2D eigenvalue weighted by Crippen LogP contribution is 2.24. The van der Waals surface area contributed by atoms with E-state index < -0.39 is 0 Å². The second kappa shape index (κ2) is 10.4. The Labute approximate surface area is 192 Å². The zero-order valence-electron chi connectivity index (χ0n) is 18.2. The van der Waals surface area contributed by atoms with Crippen molar-refractivity contribution < 1.29 is 9.59 Å². The number of thiazole rings is 1. The minimum absolute atomic E-state index is 0.0365. The number of hydrogen-bond donors (Lipinski definition) is 2. The first-order valence-corrected chi connectivity index (χ1v) is 11.9. The molecule has 1 aromatic heterocycles. The maximum atomic E-state index is 12.6. The van der Waals surface area contributed by atoms with E-state index >= 15 is 0 Å². The molecule has 32 heavy (non-hydrogen) atoms. The third-order valence-electron chi connectivity index (χ3n) is 5.78. The van der Waals surface area contributed by atoms with Gasteiger partial charge >= 0.3 is 6.03 Å². The topological polar surface area (TPSA) is 74.3 Å². The van der Waals surface area contributed by atoms with Crippen LogP contribution in [0.4, 0.5) is 10.5 Å². The van der Waals surface area contributed by atoms with Crippen molar-refractivity contribution >= 4 is 29.0 Å². The Hall–Kier alpha value is -3.19. The molecule has 0 bridgehead atoms. The number of piperidine rings is 1. The molecule has 2 aromatic carbocycles. The third-order valence-corrected chi connectivity index (χ3v) is 6.72. The molecule has 0 saturated carbocycles. The molecule has 0 aliphatic carbocycles. The van der Waals surface area contributed by atoms with E-state index in [4.69, 9.17) is 0 Å². The Morgan fingerprint density at radius 1 is 1.06 bits per heavy atom. The van der Waals surface area contributed by atoms with Crippen LogP contribution in [0.25, 0.3) is 10.6 Å². The van der Waals surface area contributed by atoms with Crippen LogP contribution in [-0.2, 0) is 17.8 Å². The van der Waals surface area contributed by atoms with E-state index in [1.54, 1.807) is 16.2 Å². The van der Waals surface area contributed by atoms with Crippen molar-refractivity contribution in [2.75, 3.05) is 18.4 Å². The molecule has 3 aromatic rings. The molecule has 1 fully saturated rings. The van der Waals surface area contributed by atoms with Crippen LogP contribution >= 0.6 is 11.3 Å². The molecule has 6 nitrogen and oxygen atoms in total. The van der Waals surface area contributed by atoms with Gasteiger partial charge in [0.15, 0.2) is 0 Å². The number of rotatable bonds is 6. The van der Waals surface area contributed by atoms with Gasteiger partial charge < -0.3 is 15.5 Å². The van der Waals surface area contributed by atoms with Crippen LogP contribution in [-0.4, -0.2) is 34.9 Å². The number of nitrogens with one attached hydrogen (secondary N) is 2. The zero-order valence-corrected chi connectivity index (χ0v) is 19.0. The lowest BCUT2D eigenvalue weighted by molar-refractivity contribution is -0.126. The Morgan fingerprint density at radius 3 is 2.47 bits per heavy atom. The fourth-order valence-corrected chi connectivity index (χ4v) is 4.62. The van der Waals surface area contributed by atoms with Gasteiger partial charge in [0.25, 0.3) is 0 Å². The lowest BCUT2D eigenvalue weighted by Gasteiger charge is -2.31. The third kappa shape index (κ3) is 5.53. The van der Waals surface area contributed by atoms with Crippen LogP contribution in [0.2, 0.25) is 0 Å². The molecule has 2 N–H and O–H groups in total. The maximum Gasteiger partial charge on any atom is 0.321 e. The van der Waals surface area contributed by atoms with E-state index in [0.717, 1.165) is 28.4 Å². The number of hydrogen-bond acceptors (Lipinski definition) is 4. The summed E-state index contributed by atoms with van der Waals surface area (Å²) in [5, 5.41) is 8.91. The summed E-state index contributed by atoms with van der Waals surface area (Å²) in [7, 11) is 0. The van der Waals surface area contributed by atoms with E-state index in [9.17, 15) is 9.59 Å². The minimum Gasteiger partial charge on any atom is -0.350 e. The number of carbonyl (C=O) groups excluding carboxylic acids is 2. The smallest absolute Gasteiger partial charge is 0.321 e. The van der Waals surface area contributed by atoms with Gasteiger partial charge in [0.05, 0.1) is 12.2 Å². The van der Waals surface area contributed by atoms with E-state index in [0.29, 0.717) is 32.5 Å². The normalized spacial score (nSPS) is 14.2. The van der Waals surface area contributed by atoms with Gasteiger partial charge in [0.2, 0.25) is 5.91 Å². The Kier molecular flexibility index (Phi) is 7.17. The summed E-state index contributed by atoms with van der Waals surface area (Å²) in [6, 6.07) is 17.8. The van der Waals surface area contributed by atoms with Crippen molar-refractivity contribution in [3.8, 4) is 10.6 Å². The number of nitrogens with zero attached hydrogens (tertiary/aromatic N) is 2. The van der Waals surface area contributed by atoms with Gasteiger partial charge in [-0.05, 0) is 37.0 Å². The van der Waals surface area contributed by atoms with Crippen molar-refractivity contribution in [2.45, 2.75) is 32.7 Å². The molecule has 3 amide bonds. The number of aromatic nitrogens is 1. The van der Waals surface area contributed by atoms with E-state index in [1.165, 1.54) is 5.56 Å². The first-order chi connectivity index (χ1) is 15.6. The predicted molar refractivity (Wildman–Crippen MR) is 129 cm³/mol. The minimum atomic E-state index is -0.107. The lowest BCUT2D eigenvalue weighted by Crippen LogP contribution is -2.44. The van der Waals surface area contributed by atoms with E-state index in [-0.39, 0.29) is 17.9 Å². The molecule has 0 atom stereocenters. The van der Waals surface area contributed by atoms with Crippen molar-refractivity contribution in [1.82, 2.24) is 15.2 Å². The van der Waals surface area contributed by atoms with Crippen LogP contribution in [0.1, 0.15) is 31.0 Å². The summed E-state index contributed by atoms with van der Waals surface area (Å²) in [4.78, 5) is 31.6. The Morgan fingerprint density at radius 2 is 1.78 bits per heavy atom. The standard InChI is InChI=1S/C25H28N4O2S/c1-2-18-8-10-21(11-9-18)28-25(31)29-14-12-19(13-15-29)23(30)26-16-22-17-32-24(27-22)20-6-4-3-5-7-20/h3-11,17,19H,2,12-16H2,1H3,(H,26,30)(H,28,31). The number of amides is 3. The average molecular weight is 449 g/mol. The highest BCUT2D eigenvalue weighted by Gasteiger charge is 2.27. The highest BCUT2D eigenvalue weighted by atomic mass is 32.1. The first kappa shape index (κ1) is 22.0. The maximum absolute atomic E-state index is 12.6. The molecular formula is C25H28N4O2S. The number of anilines is 1. The first-order valence-electron chi connectivity index (χ1n) is 11.0. The van der Waals surface area contributed by atoms with Crippen molar-refractivity contribution in [3.63, 3.8) is 0 Å². The summed E-state index contributed by atoms with van der Waals surface area (Å²) in [5.74, 6) is -0.0374. The van der Waals surface area contributed by atoms with Gasteiger partial charge in [-0.25, -0.2) is 9.78 Å². The van der Waals surface area contributed by atoms with Crippen molar-refractivity contribution in [1.29, 1.82) is 0 Å². The van der Waals surface area contributed by atoms with Crippen molar-refractivity contribution in [2.24, 2.45) is 5.92 Å². The average Bonchev–Trinajstić information content (AvgIpc) is 3.33. The monoisotopic (exact) mass is 448 g/mol. The summed E-state index contributed by atoms with van der Waals surface area (Å²) < 4.78 is 0. The second-order valence-electron chi connectivity index (χ2n) is 7.97. The summed E-state index contributed by atoms with van der Waals surface area (Å²) in [6.45, 7) is 3.68. The number of carbonyl (C=O) groups is 2. The number of aryl methyl sites for hydroxylation is 1. The molecule has 2 heterocycles. The fourth-order valence-electron chi connectivity index (χ4n) is 3.79. The van der Waals surface area contributed by atoms with Crippen molar-refractivity contribution in [3.05, 3.63) is 71.2 Å². The number of urea groups is 1. The molecule has 1 aliphatic rings. The van der Waals surface area contributed by atoms with Crippen LogP contribution < -0.4 is 10.6 Å². The van der Waals surface area contributed by atoms with Gasteiger partial charge in [0.1, 0.15) is 5.01 Å². The quantitative estimate of drug-likeness (QED) is 0.561. The van der Waals surface area contributed by atoms with Crippen LogP contribution in [0, 0.1) is 5.92 Å². The van der Waals surface area contributed by atoms with Gasteiger partial charge in [-0.3, -0.25) is 4.79 Å². The largest absolute Gasteiger partial charge is 0.350 e. The van der Waals surface area contributed by atoms with E-state index in [2.05, 4.69) is 22.5 Å². The van der Waals surface area contributed by atoms with Crippen LogP contribution in [0.15, 0.2) is 60.0 Å². The fraction of sp³-hybridized carbons (Fsp3) is 0.320. The Bertz CT molecular complexity index is 1040. The SMILES string of the molecule is CCc1ccc(NC(=O)N2CCC(C(=O)NCc3csc(-c4ccccc4)n3)CC2)cc1. The lowest BCUT2D eigenvalue weighted by atomic mass is 9.96. The molecular weight excluding hydrogens is 420 g/mol. The molecule has 0 unspecified atom stereocenters. The van der Waals surface area contributed by atoms with Gasteiger partial charge in [-0.1, -0.05) is 49.4 Å². The summed E-state index contributed by atoms with van der Waals surface area (Å²) >= 11 is 1.58. The predicted octanol–water partition coefficient (Wildman–Crippen LogP) is 4.93. The van der Waals surface area contributed by atoms with Gasteiger partial charge in [0, 0.05) is 35.6 Å². The Balaban J connectivity index is 1.22. The summed E-state index contributed by atoms with van der Waals surface area (Å²) in [6.07, 6.45) is 2.31. The molecule has 1 aliphatic heterocycles. The molecule has 0 spiro atoms. The number of likely N-dealkylation sites (tertiary alicyclic amines) is 1. The van der Waals surface area contributed by atoms with Crippen LogP contribution in [0.3, 0.4) is 0 Å². The molecule has 4 rings (SSSR count). The number of benzene rings is 2. The van der Waals surface area contributed by atoms with Gasteiger partial charge in [-0.2, -0.15) is 0 Å². The van der Waals surface area contributed by atoms with Crippen LogP contribution in [0.5, 0.6) is 0 Å². The molecule has 7 heteroatoms. The molecule has 1 saturated heterocycles. The molecule has 0 radical (unpaired) electrons. The second-order valence-corrected chi connectivity index (χ2v) is 8.83. The summed E-state index contributed by atoms with van der Waals surface area (Å²) in [5.41, 5.74) is 3.99. The van der Waals surface area contributed by atoms with E-state index in [1.807, 2.05) is 60.0 Å². The highest BCUT2D eigenvalue weighted by molar-refractivity contribution is 7.13.